The van der Waals surface area contributed by atoms with E-state index < -0.39 is 12.1 Å². The highest BCUT2D eigenvalue weighted by molar-refractivity contribution is 5.76. The zero-order chi connectivity index (χ0) is 44.2. The van der Waals surface area contributed by atoms with E-state index in [-0.39, 0.29) is 12.5 Å². The first kappa shape index (κ1) is 58.3. The first-order valence-electron chi connectivity index (χ1n) is 26.0. The van der Waals surface area contributed by atoms with Crippen molar-refractivity contribution in [1.82, 2.24) is 5.32 Å². The van der Waals surface area contributed by atoms with Crippen LogP contribution in [0.5, 0.6) is 0 Å². The van der Waals surface area contributed by atoms with E-state index in [9.17, 15) is 15.0 Å². The normalized spacial score (nSPS) is 13.7. The van der Waals surface area contributed by atoms with Gasteiger partial charge >= 0.3 is 0 Å². The van der Waals surface area contributed by atoms with Gasteiger partial charge in [-0.15, -0.1) is 0 Å². The number of hydrogen-bond acceptors (Lipinski definition) is 3. The van der Waals surface area contributed by atoms with Crippen molar-refractivity contribution in [3.63, 3.8) is 0 Å². The van der Waals surface area contributed by atoms with E-state index in [2.05, 4.69) is 104 Å². The van der Waals surface area contributed by atoms with Gasteiger partial charge in [0.15, 0.2) is 0 Å². The molecule has 0 aliphatic heterocycles. The third kappa shape index (κ3) is 48.2. The van der Waals surface area contributed by atoms with E-state index >= 15 is 0 Å². The highest BCUT2D eigenvalue weighted by atomic mass is 16.3. The molecule has 2 atom stereocenters. The molecule has 0 saturated heterocycles. The minimum atomic E-state index is -0.900. The predicted octanol–water partition coefficient (Wildman–Crippen LogP) is 17.0. The molecule has 0 fully saturated rings. The van der Waals surface area contributed by atoms with E-state index in [1.54, 1.807) is 6.08 Å². The lowest BCUT2D eigenvalue weighted by molar-refractivity contribution is -0.122. The quantitative estimate of drug-likeness (QED) is 0.0422. The second kappa shape index (κ2) is 51.7. The van der Waals surface area contributed by atoms with E-state index in [1.165, 1.54) is 148 Å². The molecule has 0 rings (SSSR count). The molecular formula is C57H99NO3. The maximum absolute atomic E-state index is 12.4. The number of aliphatic hydroxyl groups is 2. The summed E-state index contributed by atoms with van der Waals surface area (Å²) in [7, 11) is 0. The molecule has 3 N–H and O–H groups in total. The molecule has 61 heavy (non-hydrogen) atoms. The van der Waals surface area contributed by atoms with Crippen molar-refractivity contribution < 1.29 is 15.0 Å². The van der Waals surface area contributed by atoms with Crippen molar-refractivity contribution in [2.75, 3.05) is 6.61 Å². The number of carbonyl (C=O) groups excluding carboxylic acids is 1. The summed E-state index contributed by atoms with van der Waals surface area (Å²) in [6.07, 6.45) is 77.1. The molecule has 350 valence electrons. The van der Waals surface area contributed by atoms with Crippen LogP contribution in [-0.4, -0.2) is 34.9 Å². The van der Waals surface area contributed by atoms with Gasteiger partial charge < -0.3 is 15.5 Å². The summed E-state index contributed by atoms with van der Waals surface area (Å²) in [6.45, 7) is 4.16. The predicted molar refractivity (Wildman–Crippen MR) is 271 cm³/mol. The van der Waals surface area contributed by atoms with Gasteiger partial charge in [-0.05, 0) is 83.5 Å². The molecular weight excluding hydrogens is 747 g/mol. The molecule has 0 radical (unpaired) electrons. The van der Waals surface area contributed by atoms with Gasteiger partial charge in [-0.2, -0.15) is 0 Å². The molecule has 0 aromatic carbocycles. The highest BCUT2D eigenvalue weighted by Crippen LogP contribution is 2.16. The van der Waals surface area contributed by atoms with Crippen LogP contribution in [0.4, 0.5) is 0 Å². The van der Waals surface area contributed by atoms with Gasteiger partial charge in [-0.1, -0.05) is 246 Å². The van der Waals surface area contributed by atoms with Crippen LogP contribution in [0.15, 0.2) is 97.2 Å². The number of aliphatic hydroxyl groups excluding tert-OH is 2. The molecule has 0 heterocycles. The average Bonchev–Trinajstić information content (AvgIpc) is 3.26. The fourth-order valence-electron chi connectivity index (χ4n) is 7.36. The Morgan fingerprint density at radius 3 is 1.15 bits per heavy atom. The van der Waals surface area contributed by atoms with Crippen LogP contribution < -0.4 is 5.32 Å². The second-order valence-electron chi connectivity index (χ2n) is 17.2. The van der Waals surface area contributed by atoms with E-state index in [1.807, 2.05) is 6.08 Å². The topological polar surface area (TPSA) is 69.6 Å². The smallest absolute Gasteiger partial charge is 0.220 e. The van der Waals surface area contributed by atoms with Crippen molar-refractivity contribution in [2.45, 2.75) is 251 Å². The Morgan fingerprint density at radius 2 is 0.738 bits per heavy atom. The molecule has 1 amide bonds. The van der Waals surface area contributed by atoms with Crippen molar-refractivity contribution in [3.8, 4) is 0 Å². The molecule has 0 aliphatic carbocycles. The van der Waals surface area contributed by atoms with Gasteiger partial charge in [-0.25, -0.2) is 0 Å². The number of rotatable bonds is 46. The number of hydrogen-bond donors (Lipinski definition) is 3. The lowest BCUT2D eigenvalue weighted by atomic mass is 10.0. The number of carbonyl (C=O) groups is 1. The van der Waals surface area contributed by atoms with Gasteiger partial charge in [0.2, 0.25) is 5.91 Å². The maximum Gasteiger partial charge on any atom is 0.220 e. The summed E-state index contributed by atoms with van der Waals surface area (Å²) >= 11 is 0. The lowest BCUT2D eigenvalue weighted by Gasteiger charge is -2.19. The van der Waals surface area contributed by atoms with E-state index in [0.717, 1.165) is 70.6 Å². The Bertz CT molecular complexity index is 1140. The third-order valence-corrected chi connectivity index (χ3v) is 11.3. The zero-order valence-corrected chi connectivity index (χ0v) is 40.2. The zero-order valence-electron chi connectivity index (χ0n) is 40.2. The molecule has 0 aromatic rings. The van der Waals surface area contributed by atoms with E-state index in [4.69, 9.17) is 0 Å². The molecule has 0 aliphatic rings. The average molecular weight is 846 g/mol. The molecule has 0 bridgehead atoms. The number of allylic oxidation sites excluding steroid dienone is 15. The molecule has 0 saturated carbocycles. The van der Waals surface area contributed by atoms with Gasteiger partial charge in [0.25, 0.3) is 0 Å². The van der Waals surface area contributed by atoms with E-state index in [0.29, 0.717) is 6.42 Å². The van der Waals surface area contributed by atoms with Crippen LogP contribution >= 0.6 is 0 Å². The molecule has 4 nitrogen and oxygen atoms in total. The van der Waals surface area contributed by atoms with Gasteiger partial charge in [0.05, 0.1) is 18.8 Å². The summed E-state index contributed by atoms with van der Waals surface area (Å²) in [5.41, 5.74) is 0. The Morgan fingerprint density at radius 1 is 0.410 bits per heavy atom. The van der Waals surface area contributed by atoms with Crippen molar-refractivity contribution in [3.05, 3.63) is 97.2 Å². The fraction of sp³-hybridized carbons (Fsp3) is 0.702. The van der Waals surface area contributed by atoms with Gasteiger partial charge in [0.1, 0.15) is 0 Å². The second-order valence-corrected chi connectivity index (χ2v) is 17.2. The maximum atomic E-state index is 12.4. The molecule has 0 spiro atoms. The van der Waals surface area contributed by atoms with Crippen LogP contribution in [0.3, 0.4) is 0 Å². The summed E-state index contributed by atoms with van der Waals surface area (Å²) in [4.78, 5) is 12.4. The Labute approximate surface area is 379 Å². The molecule has 0 aromatic heterocycles. The SMILES string of the molecule is CC/C=C\C/C=C\C/C=C\C/C=C\C/C=C\CCCC(=O)NC(CO)C(O)/C=C/CC/C=C/CC/C=C/CCCCCCCCCCCCCCCCCCCCCCCC. The summed E-state index contributed by atoms with van der Waals surface area (Å²) in [5.74, 6) is -0.137. The fourth-order valence-corrected chi connectivity index (χ4v) is 7.36. The largest absolute Gasteiger partial charge is 0.394 e. The molecule has 2 unspecified atom stereocenters. The van der Waals surface area contributed by atoms with Crippen molar-refractivity contribution >= 4 is 5.91 Å². The van der Waals surface area contributed by atoms with Crippen molar-refractivity contribution in [2.24, 2.45) is 0 Å². The number of unbranched alkanes of at least 4 members (excludes halogenated alkanes) is 25. The van der Waals surface area contributed by atoms with Crippen LogP contribution in [0, 0.1) is 0 Å². The third-order valence-electron chi connectivity index (χ3n) is 11.3. The minimum Gasteiger partial charge on any atom is -0.394 e. The van der Waals surface area contributed by atoms with Gasteiger partial charge in [-0.3, -0.25) is 4.79 Å². The van der Waals surface area contributed by atoms with Crippen LogP contribution in [0.25, 0.3) is 0 Å². The summed E-state index contributed by atoms with van der Waals surface area (Å²) in [5, 5.41) is 23.0. The summed E-state index contributed by atoms with van der Waals surface area (Å²) < 4.78 is 0. The molecule has 4 heteroatoms. The number of amides is 1. The van der Waals surface area contributed by atoms with Crippen molar-refractivity contribution in [1.29, 1.82) is 0 Å². The Balaban J connectivity index is 3.63. The number of nitrogens with one attached hydrogen (secondary N) is 1. The minimum absolute atomic E-state index is 0.137. The monoisotopic (exact) mass is 846 g/mol. The first-order chi connectivity index (χ1) is 30.2. The Kier molecular flexibility index (Phi) is 49.4. The highest BCUT2D eigenvalue weighted by Gasteiger charge is 2.17. The van der Waals surface area contributed by atoms with Gasteiger partial charge in [0, 0.05) is 6.42 Å². The van der Waals surface area contributed by atoms with Crippen LogP contribution in [0.2, 0.25) is 0 Å². The van der Waals surface area contributed by atoms with Crippen LogP contribution in [-0.2, 0) is 4.79 Å². The van der Waals surface area contributed by atoms with Crippen LogP contribution in [0.1, 0.15) is 239 Å². The standard InChI is InChI=1S/C57H99NO3/c1-3-5-7-9-11-13-15-17-19-21-22-23-24-25-26-27-28-29-30-31-32-33-34-35-37-38-40-42-44-46-48-50-52-56(60)55(54-59)58-57(61)53-51-49-47-45-43-41-39-36-20-18-16-14-12-10-8-6-4-2/h6,8,12,14,18,20,35,37,39,41-42,44-45,47,50,52,55-56,59-60H,3-5,7,9-11,13,15-17,19,21-34,36,38,40,43,46,48-49,51,53-54H2,1-2H3,(H,58,61)/b8-6-,14-12-,20-18-,37-35+,41-39-,44-42+,47-45-,52-50+. The lowest BCUT2D eigenvalue weighted by Crippen LogP contribution is -2.45. The summed E-state index contributed by atoms with van der Waals surface area (Å²) in [6, 6.07) is -0.682. The first-order valence-corrected chi connectivity index (χ1v) is 26.0. The Hall–Kier alpha value is -2.69.